The van der Waals surface area contributed by atoms with Gasteiger partial charge in [-0.15, -0.1) is 0 Å². The Labute approximate surface area is 114 Å². The van der Waals surface area contributed by atoms with E-state index in [-0.39, 0.29) is 0 Å². The lowest BCUT2D eigenvalue weighted by Gasteiger charge is -2.30. The number of nitrogens with zero attached hydrogens (tertiary/aromatic N) is 2. The maximum absolute atomic E-state index is 11.5. The van der Waals surface area contributed by atoms with Gasteiger partial charge in [-0.2, -0.15) is 0 Å². The zero-order valence-electron chi connectivity index (χ0n) is 11.9. The normalized spacial score (nSPS) is 20.2. The van der Waals surface area contributed by atoms with Crippen molar-refractivity contribution in [1.82, 2.24) is 4.98 Å². The lowest BCUT2D eigenvalue weighted by molar-refractivity contribution is 0.0696. The van der Waals surface area contributed by atoms with Crippen molar-refractivity contribution < 1.29 is 9.90 Å². The molecule has 0 radical (unpaired) electrons. The van der Waals surface area contributed by atoms with Crippen LogP contribution in [0.1, 0.15) is 54.2 Å². The van der Waals surface area contributed by atoms with Crippen LogP contribution in [0.3, 0.4) is 0 Å². The van der Waals surface area contributed by atoms with Crippen molar-refractivity contribution in [2.75, 3.05) is 11.4 Å². The summed E-state index contributed by atoms with van der Waals surface area (Å²) in [5, 5.41) is 9.46. The Bertz CT molecular complexity index is 485. The summed E-state index contributed by atoms with van der Waals surface area (Å²) in [6.45, 7) is 6.84. The smallest absolute Gasteiger partial charge is 0.339 e. The van der Waals surface area contributed by atoms with Crippen molar-refractivity contribution >= 4 is 11.8 Å². The molecule has 104 valence electrons. The van der Waals surface area contributed by atoms with E-state index in [0.29, 0.717) is 17.4 Å². The molecule has 1 aromatic rings. The Morgan fingerprint density at radius 2 is 2.11 bits per heavy atom. The van der Waals surface area contributed by atoms with Crippen molar-refractivity contribution in [1.29, 1.82) is 0 Å². The van der Waals surface area contributed by atoms with E-state index in [2.05, 4.69) is 16.8 Å². The molecule has 1 atom stereocenters. The highest BCUT2D eigenvalue weighted by Crippen LogP contribution is 2.28. The first-order valence-corrected chi connectivity index (χ1v) is 6.99. The fourth-order valence-corrected chi connectivity index (χ4v) is 2.88. The predicted octanol–water partition coefficient (Wildman–Crippen LogP) is 3.17. The molecule has 0 aromatic carbocycles. The Balaban J connectivity index is 2.49. The summed E-state index contributed by atoms with van der Waals surface area (Å²) in [6.07, 6.45) is 4.64. The largest absolute Gasteiger partial charge is 0.478 e. The van der Waals surface area contributed by atoms with Crippen LogP contribution in [0.2, 0.25) is 0 Å². The molecule has 0 bridgehead atoms. The average Bonchev–Trinajstić information content (AvgIpc) is 2.52. The summed E-state index contributed by atoms with van der Waals surface area (Å²) in [5.41, 5.74) is 2.04. The second-order valence-corrected chi connectivity index (χ2v) is 5.48. The zero-order chi connectivity index (χ0) is 14.0. The molecular formula is C15H22N2O2. The number of aromatic carboxylic acids is 1. The molecule has 4 heteroatoms. The second kappa shape index (κ2) is 5.59. The molecule has 0 aliphatic carbocycles. The number of carbonyl (C=O) groups is 1. The van der Waals surface area contributed by atoms with E-state index < -0.39 is 5.97 Å². The third-order valence-electron chi connectivity index (χ3n) is 3.86. The third-order valence-corrected chi connectivity index (χ3v) is 3.86. The molecule has 2 rings (SSSR count). The highest BCUT2D eigenvalue weighted by molar-refractivity contribution is 5.95. The quantitative estimate of drug-likeness (QED) is 0.889. The van der Waals surface area contributed by atoms with Gasteiger partial charge in [0, 0.05) is 18.3 Å². The minimum absolute atomic E-state index is 0.356. The molecule has 1 aromatic heterocycles. The molecule has 0 spiro atoms. The standard InChI is InChI=1S/C15H22N2O2/c1-10-9-11(2)16-14(13(10)15(18)19)17-8-6-4-5-7-12(17)3/h9,12H,4-8H2,1-3H3,(H,18,19). The minimum atomic E-state index is -0.878. The Morgan fingerprint density at radius 1 is 1.37 bits per heavy atom. The van der Waals surface area contributed by atoms with Crippen molar-refractivity contribution in [3.8, 4) is 0 Å². The van der Waals surface area contributed by atoms with Gasteiger partial charge in [0.1, 0.15) is 11.4 Å². The number of carboxylic acids is 1. The Morgan fingerprint density at radius 3 is 2.79 bits per heavy atom. The van der Waals surface area contributed by atoms with Crippen LogP contribution in [-0.2, 0) is 0 Å². The van der Waals surface area contributed by atoms with Gasteiger partial charge in [0.05, 0.1) is 0 Å². The third kappa shape index (κ3) is 2.88. The van der Waals surface area contributed by atoms with Gasteiger partial charge in [-0.05, 0) is 45.2 Å². The summed E-state index contributed by atoms with van der Waals surface area (Å²) in [5.74, 6) is -0.226. The molecule has 0 saturated carbocycles. The van der Waals surface area contributed by atoms with Crippen LogP contribution in [0.25, 0.3) is 0 Å². The van der Waals surface area contributed by atoms with E-state index in [0.717, 1.165) is 30.6 Å². The van der Waals surface area contributed by atoms with E-state index >= 15 is 0 Å². The summed E-state index contributed by atoms with van der Waals surface area (Å²) in [6, 6.07) is 2.20. The number of aryl methyl sites for hydroxylation is 2. The first-order valence-electron chi connectivity index (χ1n) is 6.99. The molecule has 1 saturated heterocycles. The lowest BCUT2D eigenvalue weighted by atomic mass is 10.1. The number of aromatic nitrogens is 1. The number of hydrogen-bond donors (Lipinski definition) is 1. The molecule has 1 aliphatic heterocycles. The SMILES string of the molecule is Cc1cc(C)c(C(=O)O)c(N2CCCCCC2C)n1. The number of carboxylic acid groups (broad SMARTS) is 1. The van der Waals surface area contributed by atoms with Crippen molar-refractivity contribution in [3.63, 3.8) is 0 Å². The number of rotatable bonds is 2. The van der Waals surface area contributed by atoms with Gasteiger partial charge in [0.2, 0.25) is 0 Å². The molecule has 1 aliphatic rings. The van der Waals surface area contributed by atoms with Crippen LogP contribution in [-0.4, -0.2) is 28.6 Å². The van der Waals surface area contributed by atoms with Gasteiger partial charge in [0.15, 0.2) is 0 Å². The molecule has 4 nitrogen and oxygen atoms in total. The maximum atomic E-state index is 11.5. The van der Waals surface area contributed by atoms with Crippen LogP contribution in [0.15, 0.2) is 6.07 Å². The van der Waals surface area contributed by atoms with Gasteiger partial charge in [-0.3, -0.25) is 0 Å². The maximum Gasteiger partial charge on any atom is 0.339 e. The number of hydrogen-bond acceptors (Lipinski definition) is 3. The van der Waals surface area contributed by atoms with Crippen LogP contribution >= 0.6 is 0 Å². The van der Waals surface area contributed by atoms with E-state index in [9.17, 15) is 9.90 Å². The highest BCUT2D eigenvalue weighted by atomic mass is 16.4. The second-order valence-electron chi connectivity index (χ2n) is 5.48. The monoisotopic (exact) mass is 262 g/mol. The van der Waals surface area contributed by atoms with Gasteiger partial charge >= 0.3 is 5.97 Å². The molecule has 0 amide bonds. The van der Waals surface area contributed by atoms with E-state index in [4.69, 9.17) is 0 Å². The van der Waals surface area contributed by atoms with Gasteiger partial charge in [0.25, 0.3) is 0 Å². The average molecular weight is 262 g/mol. The summed E-state index contributed by atoms with van der Waals surface area (Å²) in [4.78, 5) is 18.2. The van der Waals surface area contributed by atoms with E-state index in [1.807, 2.05) is 19.9 Å². The Hall–Kier alpha value is -1.58. The zero-order valence-corrected chi connectivity index (χ0v) is 11.9. The molecular weight excluding hydrogens is 240 g/mol. The number of anilines is 1. The molecule has 1 unspecified atom stereocenters. The summed E-state index contributed by atoms with van der Waals surface area (Å²) < 4.78 is 0. The lowest BCUT2D eigenvalue weighted by Crippen LogP contribution is -2.35. The van der Waals surface area contributed by atoms with Gasteiger partial charge in [-0.25, -0.2) is 9.78 Å². The van der Waals surface area contributed by atoms with Crippen LogP contribution in [0, 0.1) is 13.8 Å². The fourth-order valence-electron chi connectivity index (χ4n) is 2.88. The van der Waals surface area contributed by atoms with Crippen LogP contribution < -0.4 is 4.90 Å². The van der Waals surface area contributed by atoms with Crippen LogP contribution in [0.5, 0.6) is 0 Å². The molecule has 2 heterocycles. The summed E-state index contributed by atoms with van der Waals surface area (Å²) in [7, 11) is 0. The summed E-state index contributed by atoms with van der Waals surface area (Å²) >= 11 is 0. The van der Waals surface area contributed by atoms with Gasteiger partial charge in [-0.1, -0.05) is 12.8 Å². The van der Waals surface area contributed by atoms with E-state index in [1.165, 1.54) is 12.8 Å². The minimum Gasteiger partial charge on any atom is -0.478 e. The van der Waals surface area contributed by atoms with E-state index in [1.54, 1.807) is 0 Å². The van der Waals surface area contributed by atoms with Crippen molar-refractivity contribution in [2.45, 2.75) is 52.5 Å². The predicted molar refractivity (Wildman–Crippen MR) is 75.9 cm³/mol. The number of pyridine rings is 1. The first-order chi connectivity index (χ1) is 9.00. The first kappa shape index (κ1) is 13.8. The van der Waals surface area contributed by atoms with Crippen LogP contribution in [0.4, 0.5) is 5.82 Å². The highest BCUT2D eigenvalue weighted by Gasteiger charge is 2.25. The van der Waals surface area contributed by atoms with Crippen molar-refractivity contribution in [3.05, 3.63) is 22.9 Å². The molecule has 1 N–H and O–H groups in total. The van der Waals surface area contributed by atoms with Crippen molar-refractivity contribution in [2.24, 2.45) is 0 Å². The molecule has 19 heavy (non-hydrogen) atoms. The topological polar surface area (TPSA) is 53.4 Å². The Kier molecular flexibility index (Phi) is 4.08. The van der Waals surface area contributed by atoms with Gasteiger partial charge < -0.3 is 10.0 Å². The molecule has 1 fully saturated rings. The fraction of sp³-hybridized carbons (Fsp3) is 0.600.